The van der Waals surface area contributed by atoms with Crippen molar-refractivity contribution in [2.45, 2.75) is 78.4 Å². The Hall–Kier alpha value is -1.61. The van der Waals surface area contributed by atoms with Crippen molar-refractivity contribution in [1.82, 2.24) is 0 Å². The smallest absolute Gasteiger partial charge is 0.335 e. The van der Waals surface area contributed by atoms with Crippen LogP contribution in [-0.2, 0) is 6.42 Å². The van der Waals surface area contributed by atoms with Crippen LogP contribution in [0, 0.1) is 6.92 Å². The van der Waals surface area contributed by atoms with E-state index in [0.29, 0.717) is 0 Å². The quantitative estimate of drug-likeness (QED) is 0.396. The SMILES string of the molecule is CCCCCCCCc1oc(=O)c([Si](C)(C)C)c(-c2ccccc2)c1C. The van der Waals surface area contributed by atoms with Gasteiger partial charge in [0.25, 0.3) is 0 Å². The highest BCUT2D eigenvalue weighted by atomic mass is 28.3. The van der Waals surface area contributed by atoms with Crippen molar-refractivity contribution in [2.24, 2.45) is 0 Å². The Balaban J connectivity index is 2.35. The Morgan fingerprint density at radius 2 is 1.54 bits per heavy atom. The van der Waals surface area contributed by atoms with E-state index in [1.807, 2.05) is 18.2 Å². The summed E-state index contributed by atoms with van der Waals surface area (Å²) in [7, 11) is -1.82. The molecular formula is C23H34O2Si. The third-order valence-corrected chi connectivity index (χ3v) is 6.99. The van der Waals surface area contributed by atoms with Crippen LogP contribution >= 0.6 is 0 Å². The zero-order chi connectivity index (χ0) is 19.2. The molecule has 0 unspecified atom stereocenters. The van der Waals surface area contributed by atoms with Gasteiger partial charge in [-0.05, 0) is 30.0 Å². The van der Waals surface area contributed by atoms with Crippen LogP contribution in [0.5, 0.6) is 0 Å². The number of hydrogen-bond acceptors (Lipinski definition) is 2. The molecule has 0 spiro atoms. The third kappa shape index (κ3) is 5.20. The first-order valence-electron chi connectivity index (χ1n) is 10.1. The van der Waals surface area contributed by atoms with Gasteiger partial charge >= 0.3 is 5.63 Å². The molecule has 1 heterocycles. The Morgan fingerprint density at radius 1 is 0.923 bits per heavy atom. The molecule has 3 heteroatoms. The molecule has 0 aliphatic rings. The van der Waals surface area contributed by atoms with Crippen molar-refractivity contribution in [3.8, 4) is 11.1 Å². The van der Waals surface area contributed by atoms with E-state index in [0.717, 1.165) is 40.5 Å². The van der Waals surface area contributed by atoms with Gasteiger partial charge in [0.05, 0.1) is 8.07 Å². The highest BCUT2D eigenvalue weighted by Gasteiger charge is 2.28. The molecule has 0 aliphatic carbocycles. The average molecular weight is 371 g/mol. The van der Waals surface area contributed by atoms with E-state index in [2.05, 4.69) is 45.6 Å². The molecule has 26 heavy (non-hydrogen) atoms. The van der Waals surface area contributed by atoms with Gasteiger partial charge in [0.2, 0.25) is 0 Å². The van der Waals surface area contributed by atoms with Gasteiger partial charge in [-0.1, -0.05) is 89.0 Å². The van der Waals surface area contributed by atoms with Gasteiger partial charge < -0.3 is 4.42 Å². The van der Waals surface area contributed by atoms with Gasteiger partial charge in [0.1, 0.15) is 5.76 Å². The van der Waals surface area contributed by atoms with Crippen LogP contribution in [0.4, 0.5) is 0 Å². The molecule has 0 aliphatic heterocycles. The average Bonchev–Trinajstić information content (AvgIpc) is 2.59. The van der Waals surface area contributed by atoms with E-state index in [1.54, 1.807) is 0 Å². The van der Waals surface area contributed by atoms with E-state index in [9.17, 15) is 4.79 Å². The van der Waals surface area contributed by atoms with Gasteiger partial charge in [-0.2, -0.15) is 0 Å². The number of benzene rings is 1. The molecule has 2 aromatic rings. The zero-order valence-corrected chi connectivity index (χ0v) is 18.2. The third-order valence-electron chi connectivity index (χ3n) is 5.03. The summed E-state index contributed by atoms with van der Waals surface area (Å²) >= 11 is 0. The van der Waals surface area contributed by atoms with E-state index >= 15 is 0 Å². The minimum absolute atomic E-state index is 0.116. The van der Waals surface area contributed by atoms with Crippen molar-refractivity contribution >= 4 is 13.3 Å². The van der Waals surface area contributed by atoms with Crippen molar-refractivity contribution in [1.29, 1.82) is 0 Å². The molecule has 0 bridgehead atoms. The van der Waals surface area contributed by atoms with Crippen LogP contribution in [0.1, 0.15) is 56.8 Å². The maximum atomic E-state index is 12.9. The molecular weight excluding hydrogens is 336 g/mol. The molecule has 0 saturated heterocycles. The first-order chi connectivity index (χ1) is 12.4. The fourth-order valence-electron chi connectivity index (χ4n) is 3.62. The molecule has 0 amide bonds. The molecule has 0 atom stereocenters. The predicted molar refractivity (Wildman–Crippen MR) is 115 cm³/mol. The topological polar surface area (TPSA) is 30.2 Å². The Bertz CT molecular complexity index is 754. The largest absolute Gasteiger partial charge is 0.428 e. The van der Waals surface area contributed by atoms with Crippen LogP contribution in [0.15, 0.2) is 39.5 Å². The molecule has 0 radical (unpaired) electrons. The monoisotopic (exact) mass is 370 g/mol. The molecule has 2 nitrogen and oxygen atoms in total. The lowest BCUT2D eigenvalue weighted by molar-refractivity contribution is 0.448. The molecule has 1 aromatic heterocycles. The number of rotatable bonds is 9. The second-order valence-electron chi connectivity index (χ2n) is 8.32. The molecule has 142 valence electrons. The lowest BCUT2D eigenvalue weighted by atomic mass is 9.98. The summed E-state index contributed by atoms with van der Waals surface area (Å²) in [5.41, 5.74) is 3.30. The standard InChI is InChI=1S/C23H34O2Si/c1-6-7-8-9-10-14-17-20-18(2)21(19-15-12-11-13-16-19)22(23(24)25-20)26(3,4)5/h11-13,15-16H,6-10,14,17H2,1-5H3. The summed E-state index contributed by atoms with van der Waals surface area (Å²) < 4.78 is 5.83. The second-order valence-corrected chi connectivity index (χ2v) is 13.3. The lowest BCUT2D eigenvalue weighted by Gasteiger charge is -2.22. The van der Waals surface area contributed by atoms with E-state index in [1.165, 1.54) is 32.1 Å². The van der Waals surface area contributed by atoms with Crippen LogP contribution in [-0.4, -0.2) is 8.07 Å². The van der Waals surface area contributed by atoms with Gasteiger partial charge in [-0.3, -0.25) is 0 Å². The fraction of sp³-hybridized carbons (Fsp3) is 0.522. The van der Waals surface area contributed by atoms with E-state index in [-0.39, 0.29) is 5.63 Å². The Labute approximate surface area is 159 Å². The number of hydrogen-bond donors (Lipinski definition) is 0. The lowest BCUT2D eigenvalue weighted by Crippen LogP contribution is -2.48. The summed E-state index contributed by atoms with van der Waals surface area (Å²) in [6.07, 6.45) is 8.33. The Morgan fingerprint density at radius 3 is 2.15 bits per heavy atom. The molecule has 1 aromatic carbocycles. The minimum Gasteiger partial charge on any atom is -0.428 e. The zero-order valence-electron chi connectivity index (χ0n) is 17.2. The number of aryl methyl sites for hydroxylation is 1. The van der Waals surface area contributed by atoms with E-state index in [4.69, 9.17) is 4.42 Å². The van der Waals surface area contributed by atoms with Gasteiger partial charge in [0, 0.05) is 11.6 Å². The van der Waals surface area contributed by atoms with Gasteiger partial charge in [0.15, 0.2) is 0 Å². The summed E-state index contributed by atoms with van der Waals surface area (Å²) in [6, 6.07) is 10.3. The second kappa shape index (κ2) is 9.36. The van der Waals surface area contributed by atoms with Crippen molar-refractivity contribution in [2.75, 3.05) is 0 Å². The normalized spacial score (nSPS) is 11.7. The van der Waals surface area contributed by atoms with Gasteiger partial charge in [-0.25, -0.2) is 4.79 Å². The molecule has 0 fully saturated rings. The van der Waals surface area contributed by atoms with Crippen LogP contribution in [0.2, 0.25) is 19.6 Å². The fourth-order valence-corrected chi connectivity index (χ4v) is 5.36. The first-order valence-corrected chi connectivity index (χ1v) is 13.6. The highest BCUT2D eigenvalue weighted by Crippen LogP contribution is 2.26. The Kier molecular flexibility index (Phi) is 7.45. The summed E-state index contributed by atoms with van der Waals surface area (Å²) in [5.74, 6) is 0.881. The highest BCUT2D eigenvalue weighted by molar-refractivity contribution is 6.89. The molecule has 2 rings (SSSR count). The van der Waals surface area contributed by atoms with Crippen molar-refractivity contribution in [3.63, 3.8) is 0 Å². The maximum Gasteiger partial charge on any atom is 0.335 e. The van der Waals surface area contributed by atoms with Crippen LogP contribution in [0.3, 0.4) is 0 Å². The van der Waals surface area contributed by atoms with Gasteiger partial charge in [-0.15, -0.1) is 0 Å². The van der Waals surface area contributed by atoms with Crippen molar-refractivity contribution < 1.29 is 4.42 Å². The summed E-state index contributed by atoms with van der Waals surface area (Å²) in [4.78, 5) is 12.9. The molecule has 0 N–H and O–H groups in total. The summed E-state index contributed by atoms with van der Waals surface area (Å²) in [6.45, 7) is 11.0. The van der Waals surface area contributed by atoms with Crippen LogP contribution in [0.25, 0.3) is 11.1 Å². The first kappa shape index (κ1) is 20.7. The molecule has 0 saturated carbocycles. The predicted octanol–water partition coefficient (Wildman–Crippen LogP) is 6.06. The summed E-state index contributed by atoms with van der Waals surface area (Å²) in [5, 5.41) is 0.924. The van der Waals surface area contributed by atoms with E-state index < -0.39 is 8.07 Å². The van der Waals surface area contributed by atoms with Crippen LogP contribution < -0.4 is 10.8 Å². The van der Waals surface area contributed by atoms with Crippen molar-refractivity contribution in [3.05, 3.63) is 52.1 Å². The maximum absolute atomic E-state index is 12.9. The number of unbranched alkanes of at least 4 members (excludes halogenated alkanes) is 5. The minimum atomic E-state index is -1.82.